The molecule has 0 amide bonds. The zero-order valence-electron chi connectivity index (χ0n) is 6.08. The average molecular weight is 164 g/mol. The Kier molecular flexibility index (Phi) is 2.46. The van der Waals surface area contributed by atoms with Crippen molar-refractivity contribution in [2.24, 2.45) is 0 Å². The van der Waals surface area contributed by atoms with Crippen molar-refractivity contribution in [2.75, 3.05) is 0 Å². The fraction of sp³-hybridized carbons (Fsp3) is 1.00. The smallest absolute Gasteiger partial charge is 0.183 e. The van der Waals surface area contributed by atoms with E-state index in [1.165, 1.54) is 6.92 Å². The van der Waals surface area contributed by atoms with Crippen LogP contribution in [-0.4, -0.2) is 51.1 Å². The quantitative estimate of drug-likeness (QED) is 0.326. The maximum absolute atomic E-state index is 9.09. The molecule has 1 fully saturated rings. The summed E-state index contributed by atoms with van der Waals surface area (Å²) in [6.07, 6.45) is -5.99. The summed E-state index contributed by atoms with van der Waals surface area (Å²) in [5.41, 5.74) is 0. The Morgan fingerprint density at radius 3 is 2.00 bits per heavy atom. The molecule has 0 saturated carbocycles. The van der Waals surface area contributed by atoms with Crippen molar-refractivity contribution < 1.29 is 25.2 Å². The van der Waals surface area contributed by atoms with Crippen molar-refractivity contribution >= 4 is 0 Å². The number of ether oxygens (including phenoxy) is 1. The van der Waals surface area contributed by atoms with Crippen molar-refractivity contribution in [3.05, 3.63) is 0 Å². The Hall–Kier alpha value is -0.200. The SMILES string of the molecule is CC1O[C@@H](O)C(O)C(O)C1O. The molecular formula is C6H12O5. The molecule has 0 radical (unpaired) electrons. The molecule has 4 N–H and O–H groups in total. The van der Waals surface area contributed by atoms with E-state index in [9.17, 15) is 0 Å². The highest BCUT2D eigenvalue weighted by Crippen LogP contribution is 2.18. The van der Waals surface area contributed by atoms with E-state index >= 15 is 0 Å². The van der Waals surface area contributed by atoms with Crippen LogP contribution in [0, 0.1) is 0 Å². The second kappa shape index (κ2) is 3.04. The van der Waals surface area contributed by atoms with Crippen LogP contribution in [0.25, 0.3) is 0 Å². The van der Waals surface area contributed by atoms with Gasteiger partial charge in [-0.2, -0.15) is 0 Å². The van der Waals surface area contributed by atoms with Crippen LogP contribution < -0.4 is 0 Å². The number of rotatable bonds is 0. The standard InChI is InChI=1S/C6H12O5/c1-2-3(7)4(8)5(9)6(10)11-2/h2-10H,1H3/t2?,3?,4?,5?,6-/m1/s1. The van der Waals surface area contributed by atoms with Crippen LogP contribution in [0.2, 0.25) is 0 Å². The number of hydrogen-bond acceptors (Lipinski definition) is 5. The first-order valence-electron chi connectivity index (χ1n) is 3.41. The van der Waals surface area contributed by atoms with Gasteiger partial charge in [0.1, 0.15) is 18.3 Å². The highest BCUT2D eigenvalue weighted by molar-refractivity contribution is 4.86. The van der Waals surface area contributed by atoms with Gasteiger partial charge in [0.05, 0.1) is 6.10 Å². The van der Waals surface area contributed by atoms with Gasteiger partial charge in [0, 0.05) is 0 Å². The first kappa shape index (κ1) is 8.89. The Labute approximate surface area is 63.8 Å². The van der Waals surface area contributed by atoms with Crippen LogP contribution in [0.5, 0.6) is 0 Å². The van der Waals surface area contributed by atoms with E-state index in [1.54, 1.807) is 0 Å². The zero-order valence-corrected chi connectivity index (χ0v) is 6.08. The van der Waals surface area contributed by atoms with Gasteiger partial charge in [-0.15, -0.1) is 0 Å². The van der Waals surface area contributed by atoms with Crippen LogP contribution in [0.1, 0.15) is 6.92 Å². The summed E-state index contributed by atoms with van der Waals surface area (Å²) in [5.74, 6) is 0. The molecule has 0 aromatic rings. The molecule has 0 spiro atoms. The predicted octanol–water partition coefficient (Wildman–Crippen LogP) is -2.19. The second-order valence-corrected chi connectivity index (χ2v) is 2.70. The highest BCUT2D eigenvalue weighted by atomic mass is 16.6. The molecule has 1 rings (SSSR count). The van der Waals surface area contributed by atoms with E-state index in [4.69, 9.17) is 20.4 Å². The van der Waals surface area contributed by atoms with Crippen LogP contribution in [-0.2, 0) is 4.74 Å². The topological polar surface area (TPSA) is 90.2 Å². The lowest BCUT2D eigenvalue weighted by atomic mass is 10.0. The maximum atomic E-state index is 9.09. The van der Waals surface area contributed by atoms with Gasteiger partial charge in [0.25, 0.3) is 0 Å². The van der Waals surface area contributed by atoms with E-state index in [2.05, 4.69) is 4.74 Å². The molecule has 5 heteroatoms. The van der Waals surface area contributed by atoms with E-state index < -0.39 is 30.7 Å². The summed E-state index contributed by atoms with van der Waals surface area (Å²) in [5, 5.41) is 36.0. The molecule has 1 aliphatic heterocycles. The summed E-state index contributed by atoms with van der Waals surface area (Å²) in [4.78, 5) is 0. The van der Waals surface area contributed by atoms with E-state index in [-0.39, 0.29) is 0 Å². The lowest BCUT2D eigenvalue weighted by Crippen LogP contribution is -2.56. The summed E-state index contributed by atoms with van der Waals surface area (Å²) in [6, 6.07) is 0. The van der Waals surface area contributed by atoms with Crippen molar-refractivity contribution in [1.29, 1.82) is 0 Å². The molecule has 5 nitrogen and oxygen atoms in total. The van der Waals surface area contributed by atoms with Crippen LogP contribution in [0.3, 0.4) is 0 Å². The molecule has 5 atom stereocenters. The molecule has 11 heavy (non-hydrogen) atoms. The highest BCUT2D eigenvalue weighted by Gasteiger charge is 2.40. The summed E-state index contributed by atoms with van der Waals surface area (Å²) in [7, 11) is 0. The van der Waals surface area contributed by atoms with Crippen LogP contribution >= 0.6 is 0 Å². The fourth-order valence-electron chi connectivity index (χ4n) is 1.03. The summed E-state index contributed by atoms with van der Waals surface area (Å²) < 4.78 is 4.68. The molecule has 1 heterocycles. The van der Waals surface area contributed by atoms with Crippen molar-refractivity contribution in [1.82, 2.24) is 0 Å². The zero-order chi connectivity index (χ0) is 8.59. The molecular weight excluding hydrogens is 152 g/mol. The van der Waals surface area contributed by atoms with E-state index in [0.717, 1.165) is 0 Å². The van der Waals surface area contributed by atoms with Crippen LogP contribution in [0.4, 0.5) is 0 Å². The fourth-order valence-corrected chi connectivity index (χ4v) is 1.03. The third kappa shape index (κ3) is 1.52. The first-order valence-corrected chi connectivity index (χ1v) is 3.41. The summed E-state index contributed by atoms with van der Waals surface area (Å²) >= 11 is 0. The number of aliphatic hydroxyl groups excluding tert-OH is 4. The van der Waals surface area contributed by atoms with Gasteiger partial charge in [-0.05, 0) is 6.92 Å². The van der Waals surface area contributed by atoms with Gasteiger partial charge >= 0.3 is 0 Å². The molecule has 0 aromatic carbocycles. The molecule has 1 aliphatic rings. The number of aliphatic hydroxyl groups is 4. The molecule has 0 bridgehead atoms. The molecule has 0 aliphatic carbocycles. The third-order valence-electron chi connectivity index (χ3n) is 1.83. The van der Waals surface area contributed by atoms with Crippen LogP contribution in [0.15, 0.2) is 0 Å². The Morgan fingerprint density at radius 1 is 0.909 bits per heavy atom. The van der Waals surface area contributed by atoms with Crippen molar-refractivity contribution in [2.45, 2.75) is 37.6 Å². The number of hydrogen-bond donors (Lipinski definition) is 4. The lowest BCUT2D eigenvalue weighted by Gasteiger charge is -2.36. The van der Waals surface area contributed by atoms with Crippen molar-refractivity contribution in [3.63, 3.8) is 0 Å². The van der Waals surface area contributed by atoms with E-state index in [0.29, 0.717) is 0 Å². The summed E-state index contributed by atoms with van der Waals surface area (Å²) in [6.45, 7) is 1.50. The maximum Gasteiger partial charge on any atom is 0.183 e. The Balaban J connectivity index is 2.63. The lowest BCUT2D eigenvalue weighted by molar-refractivity contribution is -0.277. The normalized spacial score (nSPS) is 52.6. The molecule has 1 saturated heterocycles. The van der Waals surface area contributed by atoms with Gasteiger partial charge in [0.2, 0.25) is 0 Å². The monoisotopic (exact) mass is 164 g/mol. The van der Waals surface area contributed by atoms with Gasteiger partial charge in [-0.1, -0.05) is 0 Å². The first-order chi connectivity index (χ1) is 5.04. The largest absolute Gasteiger partial charge is 0.388 e. The predicted molar refractivity (Wildman–Crippen MR) is 34.6 cm³/mol. The molecule has 66 valence electrons. The van der Waals surface area contributed by atoms with Gasteiger partial charge in [0.15, 0.2) is 6.29 Å². The minimum Gasteiger partial charge on any atom is -0.388 e. The molecule has 0 aromatic heterocycles. The van der Waals surface area contributed by atoms with E-state index in [1.807, 2.05) is 0 Å². The average Bonchev–Trinajstić information content (AvgIpc) is 1.97. The minimum atomic E-state index is -1.43. The van der Waals surface area contributed by atoms with Crippen molar-refractivity contribution in [3.8, 4) is 0 Å². The van der Waals surface area contributed by atoms with Gasteiger partial charge in [-0.25, -0.2) is 0 Å². The van der Waals surface area contributed by atoms with Gasteiger partial charge < -0.3 is 25.2 Å². The molecule has 4 unspecified atom stereocenters. The minimum absolute atomic E-state index is 0.664. The Bertz CT molecular complexity index is 125. The van der Waals surface area contributed by atoms with Gasteiger partial charge in [-0.3, -0.25) is 0 Å². The third-order valence-corrected chi connectivity index (χ3v) is 1.83. The Morgan fingerprint density at radius 2 is 1.45 bits per heavy atom. The second-order valence-electron chi connectivity index (χ2n) is 2.70.